The van der Waals surface area contributed by atoms with Crippen molar-refractivity contribution in [2.45, 2.75) is 51.7 Å². The molecule has 24 heavy (non-hydrogen) atoms. The van der Waals surface area contributed by atoms with E-state index in [0.717, 1.165) is 25.0 Å². The van der Waals surface area contributed by atoms with Crippen LogP contribution in [-0.2, 0) is 15.7 Å². The molecule has 0 amide bonds. The average Bonchev–Trinajstić information content (AvgIpc) is 2.57. The van der Waals surface area contributed by atoms with E-state index in [1.54, 1.807) is 0 Å². The number of halogens is 3. The molecule has 136 valence electrons. The summed E-state index contributed by atoms with van der Waals surface area (Å²) in [4.78, 5) is 11.8. The van der Waals surface area contributed by atoms with E-state index < -0.39 is 17.7 Å². The van der Waals surface area contributed by atoms with Crippen LogP contribution in [0.4, 0.5) is 13.2 Å². The normalized spacial score (nSPS) is 16.9. The molecule has 0 radical (unpaired) electrons. The Hall–Kier alpha value is -1.40. The molecule has 3 nitrogen and oxygen atoms in total. The molecule has 0 bridgehead atoms. The fraction of sp³-hybridized carbons (Fsp3) is 0.611. The Labute approximate surface area is 141 Å². The number of rotatable bonds is 5. The van der Waals surface area contributed by atoms with Crippen molar-refractivity contribution in [3.63, 3.8) is 0 Å². The van der Waals surface area contributed by atoms with E-state index in [9.17, 15) is 18.0 Å². The van der Waals surface area contributed by atoms with Gasteiger partial charge in [0, 0.05) is 25.8 Å². The minimum Gasteiger partial charge on any atom is -0.381 e. The van der Waals surface area contributed by atoms with Crippen LogP contribution in [0.25, 0.3) is 0 Å². The van der Waals surface area contributed by atoms with E-state index in [-0.39, 0.29) is 5.78 Å². The van der Waals surface area contributed by atoms with Crippen molar-refractivity contribution in [2.75, 3.05) is 19.8 Å². The maximum Gasteiger partial charge on any atom is 0.416 e. The first-order valence-corrected chi connectivity index (χ1v) is 8.36. The van der Waals surface area contributed by atoms with E-state index in [0.29, 0.717) is 31.4 Å². The third-order valence-electron chi connectivity index (χ3n) is 3.96. The highest BCUT2D eigenvalue weighted by Gasteiger charge is 2.30. The first kappa shape index (κ1) is 20.6. The van der Waals surface area contributed by atoms with Gasteiger partial charge in [0.2, 0.25) is 0 Å². The molecule has 1 aliphatic rings. The highest BCUT2D eigenvalue weighted by molar-refractivity contribution is 5.83. The van der Waals surface area contributed by atoms with Crippen LogP contribution in [-0.4, -0.2) is 31.6 Å². The van der Waals surface area contributed by atoms with Gasteiger partial charge in [0.25, 0.3) is 0 Å². The summed E-state index contributed by atoms with van der Waals surface area (Å²) >= 11 is 0. The molecule has 6 heteroatoms. The number of carbonyl (C=O) groups excluding carboxylic acids is 1. The van der Waals surface area contributed by atoms with E-state index in [1.807, 2.05) is 13.8 Å². The number of alkyl halides is 3. The number of benzene rings is 1. The first-order valence-electron chi connectivity index (χ1n) is 8.36. The lowest BCUT2D eigenvalue weighted by atomic mass is 9.93. The van der Waals surface area contributed by atoms with Crippen LogP contribution < -0.4 is 5.32 Å². The summed E-state index contributed by atoms with van der Waals surface area (Å²) in [6.07, 6.45) is -2.58. The van der Waals surface area contributed by atoms with Gasteiger partial charge in [-0.05, 0) is 37.5 Å². The summed E-state index contributed by atoms with van der Waals surface area (Å²) in [5.41, 5.74) is -0.0870. The van der Waals surface area contributed by atoms with Gasteiger partial charge in [0.05, 0.1) is 11.5 Å². The average molecular weight is 345 g/mol. The van der Waals surface area contributed by atoms with Gasteiger partial charge in [-0.2, -0.15) is 13.2 Å². The summed E-state index contributed by atoms with van der Waals surface area (Å²) in [6, 6.07) is 5.13. The minimum atomic E-state index is -4.36. The van der Waals surface area contributed by atoms with Crippen molar-refractivity contribution >= 4 is 5.78 Å². The topological polar surface area (TPSA) is 38.3 Å². The zero-order valence-electron chi connectivity index (χ0n) is 14.5. The third-order valence-corrected chi connectivity index (χ3v) is 3.96. The molecule has 1 unspecified atom stereocenters. The molecule has 1 atom stereocenters. The molecule has 1 aromatic rings. The molecule has 1 aromatic carbocycles. The molecule has 1 fully saturated rings. The Morgan fingerprint density at radius 2 is 1.75 bits per heavy atom. The quantitative estimate of drug-likeness (QED) is 0.870. The molecule has 1 aliphatic heterocycles. The van der Waals surface area contributed by atoms with Crippen LogP contribution in [0, 0.1) is 0 Å². The Kier molecular flexibility index (Phi) is 8.42. The van der Waals surface area contributed by atoms with Gasteiger partial charge in [0.1, 0.15) is 5.78 Å². The van der Waals surface area contributed by atoms with Crippen molar-refractivity contribution in [1.82, 2.24) is 5.32 Å². The van der Waals surface area contributed by atoms with Gasteiger partial charge in [-0.3, -0.25) is 4.79 Å². The lowest BCUT2D eigenvalue weighted by molar-refractivity contribution is -0.137. The zero-order valence-corrected chi connectivity index (χ0v) is 14.5. The maximum atomic E-state index is 12.6. The highest BCUT2D eigenvalue weighted by atomic mass is 19.4. The SMILES string of the molecule is CC.CC(=O)C(CNC1CCOCC1)c1ccc(C(F)(F)F)cc1. The van der Waals surface area contributed by atoms with Gasteiger partial charge < -0.3 is 10.1 Å². The minimum absolute atomic E-state index is 0.0562. The number of Topliss-reactive ketones (excluding diaryl/α,β-unsaturated/α-hetero) is 1. The first-order chi connectivity index (χ1) is 11.4. The fourth-order valence-electron chi connectivity index (χ4n) is 2.59. The molecule has 0 spiro atoms. The lowest BCUT2D eigenvalue weighted by Gasteiger charge is -2.25. The molecular formula is C18H26F3NO2. The fourth-order valence-corrected chi connectivity index (χ4v) is 2.59. The summed E-state index contributed by atoms with van der Waals surface area (Å²) in [5.74, 6) is -0.482. The second-order valence-electron chi connectivity index (χ2n) is 5.58. The monoisotopic (exact) mass is 345 g/mol. The Bertz CT molecular complexity index is 494. The molecule has 1 saturated heterocycles. The van der Waals surface area contributed by atoms with Crippen LogP contribution in [0.2, 0.25) is 0 Å². The van der Waals surface area contributed by atoms with Crippen molar-refractivity contribution in [2.24, 2.45) is 0 Å². The third kappa shape index (κ3) is 6.24. The molecule has 0 saturated carbocycles. The Morgan fingerprint density at radius 3 is 2.21 bits per heavy atom. The highest BCUT2D eigenvalue weighted by Crippen LogP contribution is 2.30. The van der Waals surface area contributed by atoms with Crippen LogP contribution in [0.1, 0.15) is 50.7 Å². The van der Waals surface area contributed by atoms with Crippen LogP contribution >= 0.6 is 0 Å². The summed E-state index contributed by atoms with van der Waals surface area (Å²) in [5, 5.41) is 3.32. The number of ether oxygens (including phenoxy) is 1. The summed E-state index contributed by atoms with van der Waals surface area (Å²) in [7, 11) is 0. The predicted octanol–water partition coefficient (Wildman–Crippen LogP) is 4.17. The van der Waals surface area contributed by atoms with E-state index in [2.05, 4.69) is 5.32 Å². The van der Waals surface area contributed by atoms with Crippen LogP contribution in [0.5, 0.6) is 0 Å². The van der Waals surface area contributed by atoms with Crippen molar-refractivity contribution in [1.29, 1.82) is 0 Å². The maximum absolute atomic E-state index is 12.6. The smallest absolute Gasteiger partial charge is 0.381 e. The lowest BCUT2D eigenvalue weighted by Crippen LogP contribution is -2.38. The van der Waals surface area contributed by atoms with Crippen LogP contribution in [0.15, 0.2) is 24.3 Å². The second kappa shape index (κ2) is 9.79. The van der Waals surface area contributed by atoms with Crippen molar-refractivity contribution < 1.29 is 22.7 Å². The van der Waals surface area contributed by atoms with E-state index in [4.69, 9.17) is 4.74 Å². The Morgan fingerprint density at radius 1 is 1.21 bits per heavy atom. The van der Waals surface area contributed by atoms with Gasteiger partial charge in [-0.1, -0.05) is 26.0 Å². The summed E-state index contributed by atoms with van der Waals surface area (Å²) in [6.45, 7) is 7.30. The van der Waals surface area contributed by atoms with Gasteiger partial charge >= 0.3 is 6.18 Å². The molecule has 2 rings (SSSR count). The van der Waals surface area contributed by atoms with Crippen molar-refractivity contribution in [3.8, 4) is 0 Å². The second-order valence-corrected chi connectivity index (χ2v) is 5.58. The number of carbonyl (C=O) groups is 1. The molecule has 1 N–H and O–H groups in total. The summed E-state index contributed by atoms with van der Waals surface area (Å²) < 4.78 is 43.0. The van der Waals surface area contributed by atoms with Crippen molar-refractivity contribution in [3.05, 3.63) is 35.4 Å². The van der Waals surface area contributed by atoms with E-state index in [1.165, 1.54) is 19.1 Å². The number of ketones is 1. The molecular weight excluding hydrogens is 319 g/mol. The number of hydrogen-bond donors (Lipinski definition) is 1. The molecule has 1 heterocycles. The van der Waals surface area contributed by atoms with Gasteiger partial charge in [-0.15, -0.1) is 0 Å². The number of nitrogens with one attached hydrogen (secondary N) is 1. The largest absolute Gasteiger partial charge is 0.416 e. The van der Waals surface area contributed by atoms with E-state index >= 15 is 0 Å². The molecule has 0 aliphatic carbocycles. The number of hydrogen-bond acceptors (Lipinski definition) is 3. The Balaban J connectivity index is 0.00000139. The van der Waals surface area contributed by atoms with Gasteiger partial charge in [-0.25, -0.2) is 0 Å². The van der Waals surface area contributed by atoms with Crippen LogP contribution in [0.3, 0.4) is 0 Å². The molecule has 0 aromatic heterocycles. The standard InChI is InChI=1S/C16H20F3NO2.C2H6/c1-11(21)15(10-20-14-6-8-22-9-7-14)12-2-4-13(5-3-12)16(17,18)19;1-2/h2-5,14-15,20H,6-10H2,1H3;1-2H3. The predicted molar refractivity (Wildman–Crippen MR) is 88.1 cm³/mol. The zero-order chi connectivity index (χ0) is 18.2. The van der Waals surface area contributed by atoms with Gasteiger partial charge in [0.15, 0.2) is 0 Å².